The molecule has 0 saturated carbocycles. The monoisotopic (exact) mass is 531 g/mol. The molecule has 0 saturated heterocycles. The average Bonchev–Trinajstić information content (AvgIpc) is 3.35. The van der Waals surface area contributed by atoms with Crippen LogP contribution in [0.2, 0.25) is 0 Å². The summed E-state index contributed by atoms with van der Waals surface area (Å²) in [5.41, 5.74) is 4.31. The molecule has 2 rings (SSSR count). The van der Waals surface area contributed by atoms with Crippen molar-refractivity contribution in [1.82, 2.24) is 10.3 Å². The van der Waals surface area contributed by atoms with Gasteiger partial charge in [-0.15, -0.1) is 12.3 Å². The quantitative estimate of drug-likeness (QED) is 0.157. The minimum Gasteiger partial charge on any atom is -0.463 e. The zero-order valence-electron chi connectivity index (χ0n) is 20.6. The number of nitrogens with two attached hydrogens (primary N) is 1. The Hall–Kier alpha value is -4.33. The molecule has 0 fully saturated rings. The number of primary amides is 1. The van der Waals surface area contributed by atoms with Crippen LogP contribution in [0.5, 0.6) is 0 Å². The van der Waals surface area contributed by atoms with E-state index in [4.69, 9.17) is 16.9 Å². The number of rotatable bonds is 13. The molecule has 2 amide bonds. The third-order valence-electron chi connectivity index (χ3n) is 5.46. The molecule has 1 aromatic heterocycles. The lowest BCUT2D eigenvalue weighted by atomic mass is 9.96. The number of Topliss-reactive ketones (excluding diaryl/α,β-unsaturated/α-hetero) is 1. The highest BCUT2D eigenvalue weighted by atomic mass is 19.4. The number of terminal acetylenes is 1. The first kappa shape index (κ1) is 29.9. The number of esters is 1. The number of carbonyl (C=O) groups is 4. The van der Waals surface area contributed by atoms with Crippen LogP contribution in [0.25, 0.3) is 11.3 Å². The van der Waals surface area contributed by atoms with E-state index in [2.05, 4.69) is 16.2 Å². The summed E-state index contributed by atoms with van der Waals surface area (Å²) in [6, 6.07) is 6.87. The molecule has 2 atom stereocenters. The minimum absolute atomic E-state index is 0.0132. The van der Waals surface area contributed by atoms with E-state index in [9.17, 15) is 32.3 Å². The molecular formula is C27H28F3N3O5. The van der Waals surface area contributed by atoms with Crippen LogP contribution in [0, 0.1) is 18.3 Å². The van der Waals surface area contributed by atoms with E-state index < -0.39 is 47.3 Å². The van der Waals surface area contributed by atoms with Gasteiger partial charge in [0, 0.05) is 42.6 Å². The summed E-state index contributed by atoms with van der Waals surface area (Å²) >= 11 is 0. The number of hydrogen-bond acceptors (Lipinski definition) is 5. The summed E-state index contributed by atoms with van der Waals surface area (Å²) in [4.78, 5) is 51.4. The van der Waals surface area contributed by atoms with Crippen molar-refractivity contribution < 1.29 is 37.1 Å². The standard InChI is InChI=1S/C27H28F3N3O5/c1-3-7-17(26(37)32-18(10-14-24(31)35)11-15-25(36)38-4-2)16-23(34)22-13-12-21(33-22)19-8-5-6-9-20(19)27(28,29)30/h1,5-6,8-9,11-13,15,17-18,33H,4,7,10,14,16H2,2H3,(H2,31,35)(H,32,37)/b15-11+/t17-,18+/m1/s1. The van der Waals surface area contributed by atoms with E-state index in [0.717, 1.165) is 12.1 Å². The number of nitrogens with one attached hydrogen (secondary N) is 2. The van der Waals surface area contributed by atoms with Crippen molar-refractivity contribution >= 4 is 23.6 Å². The van der Waals surface area contributed by atoms with Crippen molar-refractivity contribution in [2.75, 3.05) is 6.61 Å². The number of benzene rings is 1. The summed E-state index contributed by atoms with van der Waals surface area (Å²) in [6.07, 6.45) is 2.83. The van der Waals surface area contributed by atoms with Crippen LogP contribution in [0.3, 0.4) is 0 Å². The summed E-state index contributed by atoms with van der Waals surface area (Å²) in [5, 5.41) is 2.64. The largest absolute Gasteiger partial charge is 0.463 e. The first-order valence-corrected chi connectivity index (χ1v) is 11.7. The van der Waals surface area contributed by atoms with E-state index in [0.29, 0.717) is 0 Å². The van der Waals surface area contributed by atoms with Crippen LogP contribution in [0.15, 0.2) is 48.6 Å². The van der Waals surface area contributed by atoms with Gasteiger partial charge in [0.2, 0.25) is 11.8 Å². The van der Waals surface area contributed by atoms with Crippen molar-refractivity contribution in [1.29, 1.82) is 0 Å². The number of ether oxygens (including phenoxy) is 1. The van der Waals surface area contributed by atoms with Crippen LogP contribution < -0.4 is 11.1 Å². The highest BCUT2D eigenvalue weighted by molar-refractivity contribution is 5.98. The molecule has 0 bridgehead atoms. The van der Waals surface area contributed by atoms with E-state index in [-0.39, 0.29) is 49.2 Å². The highest BCUT2D eigenvalue weighted by Crippen LogP contribution is 2.36. The molecule has 2 aromatic rings. The number of aromatic nitrogens is 1. The molecule has 8 nitrogen and oxygen atoms in total. The maximum absolute atomic E-state index is 13.4. The molecule has 0 aliphatic heterocycles. The van der Waals surface area contributed by atoms with Crippen LogP contribution in [0.1, 0.15) is 48.7 Å². The number of amides is 2. The maximum atomic E-state index is 13.4. The molecule has 0 spiro atoms. The molecule has 4 N–H and O–H groups in total. The molecule has 0 aliphatic carbocycles. The summed E-state index contributed by atoms with van der Waals surface area (Å²) < 4.78 is 45.0. The number of H-pyrrole nitrogens is 1. The zero-order valence-corrected chi connectivity index (χ0v) is 20.6. The first-order valence-electron chi connectivity index (χ1n) is 11.7. The van der Waals surface area contributed by atoms with Gasteiger partial charge in [0.05, 0.1) is 23.8 Å². The third-order valence-corrected chi connectivity index (χ3v) is 5.46. The van der Waals surface area contributed by atoms with Gasteiger partial charge in [-0.05, 0) is 31.5 Å². The lowest BCUT2D eigenvalue weighted by Crippen LogP contribution is -2.39. The van der Waals surface area contributed by atoms with Crippen LogP contribution in [-0.2, 0) is 25.3 Å². The molecule has 0 radical (unpaired) electrons. The highest BCUT2D eigenvalue weighted by Gasteiger charge is 2.34. The Morgan fingerprint density at radius 3 is 2.53 bits per heavy atom. The summed E-state index contributed by atoms with van der Waals surface area (Å²) in [6.45, 7) is 1.78. The molecule has 1 heterocycles. The first-order chi connectivity index (χ1) is 18.0. The summed E-state index contributed by atoms with van der Waals surface area (Å²) in [5.74, 6) is -1.03. The fourth-order valence-corrected chi connectivity index (χ4v) is 3.61. The zero-order chi connectivity index (χ0) is 28.3. The fraction of sp³-hybridized carbons (Fsp3) is 0.333. The molecule has 1 aromatic carbocycles. The van der Waals surface area contributed by atoms with Gasteiger partial charge in [-0.25, -0.2) is 4.79 Å². The Kier molecular flexibility index (Phi) is 10.9. The smallest absolute Gasteiger partial charge is 0.417 e. The topological polar surface area (TPSA) is 131 Å². The lowest BCUT2D eigenvalue weighted by molar-refractivity contribution is -0.138. The molecule has 11 heteroatoms. The predicted molar refractivity (Wildman–Crippen MR) is 133 cm³/mol. The Labute approximate surface area is 217 Å². The Balaban J connectivity index is 2.18. The minimum atomic E-state index is -4.59. The SMILES string of the molecule is C#CC[C@H](CC(=O)c1ccc(-c2ccccc2C(F)(F)F)[nH]1)C(=O)N[C@H](/C=C/C(=O)OCC)CCC(N)=O. The lowest BCUT2D eigenvalue weighted by Gasteiger charge is -2.19. The van der Waals surface area contributed by atoms with Crippen LogP contribution in [-0.4, -0.2) is 41.2 Å². The van der Waals surface area contributed by atoms with E-state index in [1.165, 1.54) is 36.4 Å². The van der Waals surface area contributed by atoms with Gasteiger partial charge in [-0.2, -0.15) is 13.2 Å². The van der Waals surface area contributed by atoms with Crippen LogP contribution >= 0.6 is 0 Å². The second kappa shape index (κ2) is 13.8. The van der Waals surface area contributed by atoms with Crippen molar-refractivity contribution in [3.8, 4) is 23.6 Å². The van der Waals surface area contributed by atoms with Gasteiger partial charge < -0.3 is 20.8 Å². The number of carbonyl (C=O) groups excluding carboxylic acids is 4. The number of ketones is 1. The van der Waals surface area contributed by atoms with Gasteiger partial charge in [-0.1, -0.05) is 24.3 Å². The fourth-order valence-electron chi connectivity index (χ4n) is 3.61. The van der Waals surface area contributed by atoms with Crippen molar-refractivity contribution in [2.45, 2.75) is 44.8 Å². The second-order valence-corrected chi connectivity index (χ2v) is 8.29. The van der Waals surface area contributed by atoms with E-state index in [1.54, 1.807) is 6.92 Å². The van der Waals surface area contributed by atoms with Gasteiger partial charge in [0.15, 0.2) is 5.78 Å². The van der Waals surface area contributed by atoms with Crippen molar-refractivity contribution in [3.05, 3.63) is 59.8 Å². The molecule has 202 valence electrons. The second-order valence-electron chi connectivity index (χ2n) is 8.29. The summed E-state index contributed by atoms with van der Waals surface area (Å²) in [7, 11) is 0. The Morgan fingerprint density at radius 1 is 1.18 bits per heavy atom. The molecular weight excluding hydrogens is 503 g/mol. The van der Waals surface area contributed by atoms with Crippen molar-refractivity contribution in [2.24, 2.45) is 11.7 Å². The Morgan fingerprint density at radius 2 is 1.89 bits per heavy atom. The van der Waals surface area contributed by atoms with E-state index in [1.807, 2.05) is 0 Å². The number of hydrogen-bond donors (Lipinski definition) is 3. The number of halogens is 3. The van der Waals surface area contributed by atoms with Gasteiger partial charge >= 0.3 is 12.1 Å². The van der Waals surface area contributed by atoms with Crippen molar-refractivity contribution in [3.63, 3.8) is 0 Å². The molecule has 0 aliphatic rings. The number of aromatic amines is 1. The van der Waals surface area contributed by atoms with E-state index >= 15 is 0 Å². The molecule has 38 heavy (non-hydrogen) atoms. The Bertz CT molecular complexity index is 1230. The van der Waals surface area contributed by atoms with Crippen LogP contribution in [0.4, 0.5) is 13.2 Å². The van der Waals surface area contributed by atoms with Gasteiger partial charge in [-0.3, -0.25) is 14.4 Å². The average molecular weight is 532 g/mol. The number of alkyl halides is 3. The predicted octanol–water partition coefficient (Wildman–Crippen LogP) is 3.78. The van der Waals surface area contributed by atoms with Gasteiger partial charge in [0.1, 0.15) is 0 Å². The third kappa shape index (κ3) is 8.96. The normalized spacial score (nSPS) is 12.9. The van der Waals surface area contributed by atoms with Gasteiger partial charge in [0.25, 0.3) is 0 Å². The maximum Gasteiger partial charge on any atom is 0.417 e. The molecule has 0 unspecified atom stereocenters.